The van der Waals surface area contributed by atoms with E-state index in [1.165, 1.54) is 20.3 Å². The Labute approximate surface area is 195 Å². The molecule has 34 heavy (non-hydrogen) atoms. The monoisotopic (exact) mass is 471 g/mol. The van der Waals surface area contributed by atoms with Crippen LogP contribution in [0.1, 0.15) is 11.1 Å². The molecule has 1 aromatic carbocycles. The topological polar surface area (TPSA) is 86.2 Å². The third-order valence-corrected chi connectivity index (χ3v) is 5.62. The van der Waals surface area contributed by atoms with Gasteiger partial charge in [0, 0.05) is 73.4 Å². The summed E-state index contributed by atoms with van der Waals surface area (Å²) in [6, 6.07) is 3.15. The maximum atomic E-state index is 14.9. The summed E-state index contributed by atoms with van der Waals surface area (Å²) in [6.45, 7) is 2.92. The second kappa shape index (κ2) is 10.6. The number of aromatic amines is 1. The maximum Gasteiger partial charge on any atom is 0.171 e. The third-order valence-electron chi connectivity index (χ3n) is 5.62. The number of hydrogen-bond donors (Lipinski definition) is 2. The SMILES string of the molecule is COCCNCCn1cc(-c2cnc3[nH]cc(Cc4c(F)c(OC)cc(OC)c4F)c3c2)cn1. The van der Waals surface area contributed by atoms with Crippen molar-refractivity contribution in [2.75, 3.05) is 41.0 Å². The van der Waals surface area contributed by atoms with E-state index in [1.807, 2.05) is 16.9 Å². The Morgan fingerprint density at radius 3 is 2.47 bits per heavy atom. The summed E-state index contributed by atoms with van der Waals surface area (Å²) < 4.78 is 46.8. The lowest BCUT2D eigenvalue weighted by Gasteiger charge is -2.12. The van der Waals surface area contributed by atoms with Gasteiger partial charge in [-0.2, -0.15) is 5.10 Å². The van der Waals surface area contributed by atoms with Crippen LogP contribution >= 0.6 is 0 Å². The summed E-state index contributed by atoms with van der Waals surface area (Å²) in [5.41, 5.74) is 2.96. The number of ether oxygens (including phenoxy) is 3. The van der Waals surface area contributed by atoms with Crippen LogP contribution in [0.5, 0.6) is 11.5 Å². The molecule has 0 atom stereocenters. The van der Waals surface area contributed by atoms with E-state index in [-0.39, 0.29) is 23.5 Å². The van der Waals surface area contributed by atoms with Crippen LogP contribution < -0.4 is 14.8 Å². The Bertz CT molecular complexity index is 1240. The van der Waals surface area contributed by atoms with Gasteiger partial charge in [0.25, 0.3) is 0 Å². The second-order valence-electron chi connectivity index (χ2n) is 7.73. The first kappa shape index (κ1) is 23.7. The van der Waals surface area contributed by atoms with Crippen molar-refractivity contribution < 1.29 is 23.0 Å². The van der Waals surface area contributed by atoms with Gasteiger partial charge in [-0.3, -0.25) is 4.68 Å². The lowest BCUT2D eigenvalue weighted by Crippen LogP contribution is -2.23. The molecule has 0 fully saturated rings. The van der Waals surface area contributed by atoms with Crippen LogP contribution in [-0.4, -0.2) is 60.8 Å². The smallest absolute Gasteiger partial charge is 0.171 e. The Hall–Kier alpha value is -3.50. The lowest BCUT2D eigenvalue weighted by atomic mass is 10.0. The van der Waals surface area contributed by atoms with Gasteiger partial charge in [0.05, 0.1) is 33.6 Å². The van der Waals surface area contributed by atoms with Crippen molar-refractivity contribution in [2.45, 2.75) is 13.0 Å². The number of nitrogens with zero attached hydrogens (tertiary/aromatic N) is 3. The van der Waals surface area contributed by atoms with Crippen LogP contribution in [0.2, 0.25) is 0 Å². The first-order valence-corrected chi connectivity index (χ1v) is 10.8. The van der Waals surface area contributed by atoms with Crippen molar-refractivity contribution in [1.82, 2.24) is 25.1 Å². The second-order valence-corrected chi connectivity index (χ2v) is 7.73. The molecule has 0 spiro atoms. The van der Waals surface area contributed by atoms with Crippen molar-refractivity contribution >= 4 is 11.0 Å². The van der Waals surface area contributed by atoms with E-state index in [2.05, 4.69) is 20.4 Å². The third kappa shape index (κ3) is 4.87. The van der Waals surface area contributed by atoms with E-state index < -0.39 is 11.6 Å². The highest BCUT2D eigenvalue weighted by molar-refractivity contribution is 5.84. The lowest BCUT2D eigenvalue weighted by molar-refractivity contribution is 0.199. The molecule has 3 heterocycles. The Morgan fingerprint density at radius 2 is 1.76 bits per heavy atom. The van der Waals surface area contributed by atoms with Crippen LogP contribution in [0.15, 0.2) is 36.9 Å². The minimum atomic E-state index is -0.750. The zero-order valence-corrected chi connectivity index (χ0v) is 19.3. The number of halogens is 2. The molecule has 0 radical (unpaired) electrons. The van der Waals surface area contributed by atoms with E-state index in [0.717, 1.165) is 29.6 Å². The number of aromatic nitrogens is 4. The standard InChI is InChI=1S/C24H27F2N5O3/c1-32-7-5-27-4-6-31-14-17(13-30-31)15-8-18-16(12-29-24(18)28-11-15)9-19-22(25)20(33-2)10-21(34-3)23(19)26/h8,10-14,27H,4-7,9H2,1-3H3,(H,28,29). The van der Waals surface area contributed by atoms with Crippen LogP contribution in [0.3, 0.4) is 0 Å². The fourth-order valence-corrected chi connectivity index (χ4v) is 3.77. The van der Waals surface area contributed by atoms with Crippen LogP contribution in [0, 0.1) is 11.6 Å². The highest BCUT2D eigenvalue weighted by Gasteiger charge is 2.21. The van der Waals surface area contributed by atoms with E-state index in [9.17, 15) is 8.78 Å². The average Bonchev–Trinajstić information content (AvgIpc) is 3.48. The van der Waals surface area contributed by atoms with Gasteiger partial charge in [-0.15, -0.1) is 0 Å². The van der Waals surface area contributed by atoms with Gasteiger partial charge in [0.15, 0.2) is 23.1 Å². The molecule has 0 saturated heterocycles. The molecule has 0 saturated carbocycles. The molecule has 10 heteroatoms. The van der Waals surface area contributed by atoms with Crippen LogP contribution in [0.25, 0.3) is 22.2 Å². The summed E-state index contributed by atoms with van der Waals surface area (Å²) >= 11 is 0. The predicted molar refractivity (Wildman–Crippen MR) is 124 cm³/mol. The number of rotatable bonds is 11. The highest BCUT2D eigenvalue weighted by atomic mass is 19.1. The number of benzene rings is 1. The molecule has 0 bridgehead atoms. The number of fused-ring (bicyclic) bond motifs is 1. The van der Waals surface area contributed by atoms with Gasteiger partial charge in [-0.1, -0.05) is 0 Å². The fraction of sp³-hybridized carbons (Fsp3) is 0.333. The van der Waals surface area contributed by atoms with Crippen molar-refractivity contribution in [3.8, 4) is 22.6 Å². The number of hydrogen-bond acceptors (Lipinski definition) is 6. The zero-order valence-electron chi connectivity index (χ0n) is 19.3. The van der Waals surface area contributed by atoms with Gasteiger partial charge in [-0.25, -0.2) is 13.8 Å². The minimum absolute atomic E-state index is 0.00274. The van der Waals surface area contributed by atoms with Gasteiger partial charge in [-0.05, 0) is 11.6 Å². The summed E-state index contributed by atoms with van der Waals surface area (Å²) in [5.74, 6) is -1.65. The first-order chi connectivity index (χ1) is 16.5. The fourth-order valence-electron chi connectivity index (χ4n) is 3.77. The van der Waals surface area contributed by atoms with Crippen molar-refractivity contribution in [3.63, 3.8) is 0 Å². The number of H-pyrrole nitrogens is 1. The van der Waals surface area contributed by atoms with Gasteiger partial charge >= 0.3 is 0 Å². The molecule has 8 nitrogen and oxygen atoms in total. The minimum Gasteiger partial charge on any atom is -0.494 e. The van der Waals surface area contributed by atoms with Crippen LogP contribution in [-0.2, 0) is 17.7 Å². The summed E-state index contributed by atoms with van der Waals surface area (Å²) in [6.07, 6.45) is 7.18. The number of nitrogens with one attached hydrogen (secondary N) is 2. The van der Waals surface area contributed by atoms with Gasteiger partial charge < -0.3 is 24.5 Å². The Morgan fingerprint density at radius 1 is 1.00 bits per heavy atom. The molecule has 2 N–H and O–H groups in total. The molecule has 180 valence electrons. The molecule has 0 unspecified atom stereocenters. The van der Waals surface area contributed by atoms with Crippen LogP contribution in [0.4, 0.5) is 8.78 Å². The molecule has 0 amide bonds. The molecule has 0 aliphatic heterocycles. The quantitative estimate of drug-likeness (QED) is 0.326. The highest BCUT2D eigenvalue weighted by Crippen LogP contribution is 2.34. The summed E-state index contributed by atoms with van der Waals surface area (Å²) in [7, 11) is 4.33. The molecule has 0 aliphatic rings. The van der Waals surface area contributed by atoms with E-state index in [0.29, 0.717) is 24.4 Å². The zero-order chi connectivity index (χ0) is 24.1. The van der Waals surface area contributed by atoms with Gasteiger partial charge in [0.1, 0.15) is 5.65 Å². The van der Waals surface area contributed by atoms with E-state index in [4.69, 9.17) is 14.2 Å². The summed E-state index contributed by atoms with van der Waals surface area (Å²) in [4.78, 5) is 7.56. The normalized spacial score (nSPS) is 11.3. The molecule has 4 aromatic rings. The molecule has 4 rings (SSSR count). The Balaban J connectivity index is 1.59. The van der Waals surface area contributed by atoms with Crippen molar-refractivity contribution in [2.24, 2.45) is 0 Å². The van der Waals surface area contributed by atoms with E-state index in [1.54, 1.807) is 25.7 Å². The molecular formula is C24H27F2N5O3. The van der Waals surface area contributed by atoms with Crippen molar-refractivity contribution in [1.29, 1.82) is 0 Å². The molecule has 0 aliphatic carbocycles. The maximum absolute atomic E-state index is 14.9. The predicted octanol–water partition coefficient (Wildman–Crippen LogP) is 3.55. The molecular weight excluding hydrogens is 444 g/mol. The van der Waals surface area contributed by atoms with Gasteiger partial charge in [0.2, 0.25) is 0 Å². The average molecular weight is 472 g/mol. The largest absolute Gasteiger partial charge is 0.494 e. The molecule has 3 aromatic heterocycles. The van der Waals surface area contributed by atoms with E-state index >= 15 is 0 Å². The Kier molecular flexibility index (Phi) is 7.39. The number of pyridine rings is 1. The number of methoxy groups -OCH3 is 3. The van der Waals surface area contributed by atoms with Crippen molar-refractivity contribution in [3.05, 3.63) is 59.7 Å². The first-order valence-electron chi connectivity index (χ1n) is 10.8. The summed E-state index contributed by atoms with van der Waals surface area (Å²) in [5, 5.41) is 8.46.